The number of nitro benzene ring substituents is 1. The van der Waals surface area contributed by atoms with E-state index < -0.39 is 4.92 Å². The van der Waals surface area contributed by atoms with Crippen molar-refractivity contribution in [3.05, 3.63) is 82.4 Å². The topological polar surface area (TPSA) is 85.1 Å². The third-order valence-electron chi connectivity index (χ3n) is 5.95. The summed E-state index contributed by atoms with van der Waals surface area (Å²) in [7, 11) is 0. The van der Waals surface area contributed by atoms with Gasteiger partial charge in [0.15, 0.2) is 10.9 Å². The number of nitro groups is 1. The van der Waals surface area contributed by atoms with Gasteiger partial charge in [-0.3, -0.25) is 14.9 Å². The number of hydrogen-bond acceptors (Lipinski definition) is 6. The van der Waals surface area contributed by atoms with Gasteiger partial charge < -0.3 is 5.32 Å². The molecule has 3 aromatic carbocycles. The van der Waals surface area contributed by atoms with Gasteiger partial charge in [-0.15, -0.1) is 0 Å². The standard InChI is InChI=1S/C25H21N3O3S/c29-24(18-3-1-2-4-18)19-7-5-16(6-8-19)17-9-11-20(12-10-17)26-25-27-22-14-13-21(28(30)31)15-23(22)32-25/h5-15,18H,1-4H2,(H,26,27). The summed E-state index contributed by atoms with van der Waals surface area (Å²) in [5.41, 5.74) is 4.60. The zero-order valence-electron chi connectivity index (χ0n) is 17.3. The zero-order chi connectivity index (χ0) is 22.1. The van der Waals surface area contributed by atoms with Crippen molar-refractivity contribution in [1.82, 2.24) is 4.98 Å². The Hall–Kier alpha value is -3.58. The lowest BCUT2D eigenvalue weighted by molar-refractivity contribution is -0.384. The molecule has 1 N–H and O–H groups in total. The third kappa shape index (κ3) is 4.11. The lowest BCUT2D eigenvalue weighted by atomic mass is 9.94. The number of hydrogen-bond donors (Lipinski definition) is 1. The first-order chi connectivity index (χ1) is 15.6. The molecule has 0 amide bonds. The number of rotatable bonds is 6. The van der Waals surface area contributed by atoms with Crippen molar-refractivity contribution < 1.29 is 9.72 Å². The first-order valence-corrected chi connectivity index (χ1v) is 11.5. The number of carbonyl (C=O) groups is 1. The van der Waals surface area contributed by atoms with Crippen molar-refractivity contribution in [2.45, 2.75) is 25.7 Å². The minimum atomic E-state index is -0.401. The fraction of sp³-hybridized carbons (Fsp3) is 0.200. The summed E-state index contributed by atoms with van der Waals surface area (Å²) in [6.45, 7) is 0. The highest BCUT2D eigenvalue weighted by molar-refractivity contribution is 7.22. The van der Waals surface area contributed by atoms with Gasteiger partial charge in [0, 0.05) is 29.3 Å². The highest BCUT2D eigenvalue weighted by Crippen LogP contribution is 2.32. The van der Waals surface area contributed by atoms with Crippen LogP contribution in [0.3, 0.4) is 0 Å². The molecule has 7 heteroatoms. The maximum atomic E-state index is 12.6. The smallest absolute Gasteiger partial charge is 0.270 e. The number of aromatic nitrogens is 1. The number of ketones is 1. The number of nitrogens with zero attached hydrogens (tertiary/aromatic N) is 2. The number of anilines is 2. The molecule has 0 saturated heterocycles. The molecular formula is C25H21N3O3S. The Balaban J connectivity index is 1.29. The number of fused-ring (bicyclic) bond motifs is 1. The van der Waals surface area contributed by atoms with Gasteiger partial charge in [-0.1, -0.05) is 60.6 Å². The van der Waals surface area contributed by atoms with Crippen LogP contribution in [0, 0.1) is 16.0 Å². The van der Waals surface area contributed by atoms with E-state index >= 15 is 0 Å². The van der Waals surface area contributed by atoms with Crippen LogP contribution in [0.1, 0.15) is 36.0 Å². The molecule has 160 valence electrons. The molecule has 1 heterocycles. The molecule has 4 aromatic rings. The lowest BCUT2D eigenvalue weighted by Crippen LogP contribution is -2.10. The average Bonchev–Trinajstić information content (AvgIpc) is 3.48. The number of carbonyl (C=O) groups excluding carboxylic acids is 1. The van der Waals surface area contributed by atoms with Crippen LogP contribution in [0.4, 0.5) is 16.5 Å². The van der Waals surface area contributed by atoms with Crippen LogP contribution in [0.15, 0.2) is 66.7 Å². The van der Waals surface area contributed by atoms with Gasteiger partial charge in [-0.25, -0.2) is 4.98 Å². The van der Waals surface area contributed by atoms with Crippen LogP contribution in [0.5, 0.6) is 0 Å². The Morgan fingerprint density at radius 3 is 2.28 bits per heavy atom. The number of non-ortho nitro benzene ring substituents is 1. The Kier molecular flexibility index (Phi) is 5.41. The molecule has 32 heavy (non-hydrogen) atoms. The fourth-order valence-corrected chi connectivity index (χ4v) is 5.12. The molecule has 0 atom stereocenters. The summed E-state index contributed by atoms with van der Waals surface area (Å²) in [6, 6.07) is 20.5. The fourth-order valence-electron chi connectivity index (χ4n) is 4.20. The van der Waals surface area contributed by atoms with Crippen molar-refractivity contribution in [2.24, 2.45) is 5.92 Å². The predicted molar refractivity (Wildman–Crippen MR) is 128 cm³/mol. The van der Waals surface area contributed by atoms with Crippen LogP contribution >= 0.6 is 11.3 Å². The van der Waals surface area contributed by atoms with E-state index in [0.717, 1.165) is 58.3 Å². The monoisotopic (exact) mass is 443 g/mol. The van der Waals surface area contributed by atoms with Gasteiger partial charge in [0.2, 0.25) is 0 Å². The third-order valence-corrected chi connectivity index (χ3v) is 6.88. The summed E-state index contributed by atoms with van der Waals surface area (Å²) in [5, 5.41) is 14.9. The van der Waals surface area contributed by atoms with Crippen LogP contribution in [-0.4, -0.2) is 15.7 Å². The molecule has 6 nitrogen and oxygen atoms in total. The molecule has 5 rings (SSSR count). The van der Waals surface area contributed by atoms with Crippen molar-refractivity contribution >= 4 is 43.8 Å². The zero-order valence-corrected chi connectivity index (χ0v) is 18.1. The van der Waals surface area contributed by atoms with Crippen LogP contribution in [-0.2, 0) is 0 Å². The average molecular weight is 444 g/mol. The summed E-state index contributed by atoms with van der Waals surface area (Å²) < 4.78 is 0.769. The van der Waals surface area contributed by atoms with E-state index in [1.807, 2.05) is 48.5 Å². The van der Waals surface area contributed by atoms with Crippen LogP contribution < -0.4 is 5.32 Å². The van der Waals surface area contributed by atoms with E-state index in [9.17, 15) is 14.9 Å². The molecule has 1 aromatic heterocycles. The largest absolute Gasteiger partial charge is 0.332 e. The molecule has 0 radical (unpaired) electrons. The summed E-state index contributed by atoms with van der Waals surface area (Å²) in [6.07, 6.45) is 4.35. The first kappa shape index (κ1) is 20.3. The molecule has 0 unspecified atom stereocenters. The summed E-state index contributed by atoms with van der Waals surface area (Å²) >= 11 is 1.38. The van der Waals surface area contributed by atoms with E-state index in [1.54, 1.807) is 12.1 Å². The molecule has 0 bridgehead atoms. The minimum Gasteiger partial charge on any atom is -0.332 e. The van der Waals surface area contributed by atoms with E-state index in [4.69, 9.17) is 0 Å². The number of Topliss-reactive ketones (excluding diaryl/α,β-unsaturated/α-hetero) is 1. The summed E-state index contributed by atoms with van der Waals surface area (Å²) in [4.78, 5) is 27.6. The second kappa shape index (κ2) is 8.51. The Morgan fingerprint density at radius 2 is 1.62 bits per heavy atom. The lowest BCUT2D eigenvalue weighted by Gasteiger charge is -2.09. The second-order valence-electron chi connectivity index (χ2n) is 8.05. The Morgan fingerprint density at radius 1 is 0.969 bits per heavy atom. The minimum absolute atomic E-state index is 0.0630. The number of nitrogens with one attached hydrogen (secondary N) is 1. The molecule has 0 aliphatic heterocycles. The van der Waals surface area contributed by atoms with E-state index in [0.29, 0.717) is 5.13 Å². The van der Waals surface area contributed by atoms with Crippen molar-refractivity contribution in [2.75, 3.05) is 5.32 Å². The summed E-state index contributed by atoms with van der Waals surface area (Å²) in [5.74, 6) is 0.467. The number of thiazole rings is 1. The predicted octanol–water partition coefficient (Wildman–Crippen LogP) is 6.99. The van der Waals surface area contributed by atoms with Gasteiger partial charge in [-0.05, 0) is 42.2 Å². The van der Waals surface area contributed by atoms with Crippen LogP contribution in [0.25, 0.3) is 21.3 Å². The molecule has 1 fully saturated rings. The maximum Gasteiger partial charge on any atom is 0.270 e. The quantitative estimate of drug-likeness (QED) is 0.197. The normalized spacial score (nSPS) is 14.0. The van der Waals surface area contributed by atoms with Crippen molar-refractivity contribution in [3.8, 4) is 11.1 Å². The van der Waals surface area contributed by atoms with E-state index in [-0.39, 0.29) is 17.4 Å². The Bertz CT molecular complexity index is 1290. The van der Waals surface area contributed by atoms with Crippen LogP contribution in [0.2, 0.25) is 0 Å². The molecule has 0 spiro atoms. The van der Waals surface area contributed by atoms with Crippen molar-refractivity contribution in [3.63, 3.8) is 0 Å². The number of benzene rings is 3. The van der Waals surface area contributed by atoms with Gasteiger partial charge in [0.25, 0.3) is 5.69 Å². The van der Waals surface area contributed by atoms with Gasteiger partial charge in [0.05, 0.1) is 15.1 Å². The van der Waals surface area contributed by atoms with Gasteiger partial charge in [-0.2, -0.15) is 0 Å². The van der Waals surface area contributed by atoms with Crippen molar-refractivity contribution in [1.29, 1.82) is 0 Å². The second-order valence-corrected chi connectivity index (χ2v) is 9.08. The highest BCUT2D eigenvalue weighted by atomic mass is 32.1. The van der Waals surface area contributed by atoms with Gasteiger partial charge >= 0.3 is 0 Å². The Labute approximate surface area is 189 Å². The van der Waals surface area contributed by atoms with Gasteiger partial charge in [0.1, 0.15) is 0 Å². The van der Waals surface area contributed by atoms with E-state index in [1.165, 1.54) is 17.4 Å². The highest BCUT2D eigenvalue weighted by Gasteiger charge is 2.23. The van der Waals surface area contributed by atoms with E-state index in [2.05, 4.69) is 10.3 Å². The molecule has 1 aliphatic carbocycles. The molecule has 1 saturated carbocycles. The first-order valence-electron chi connectivity index (χ1n) is 10.6. The maximum absolute atomic E-state index is 12.6. The SMILES string of the molecule is O=C(c1ccc(-c2ccc(Nc3nc4ccc([N+](=O)[O-])cc4s3)cc2)cc1)C1CCCC1. The molecular weight excluding hydrogens is 422 g/mol. The molecule has 1 aliphatic rings.